The third-order valence-electron chi connectivity index (χ3n) is 3.36. The van der Waals surface area contributed by atoms with Gasteiger partial charge in [-0.3, -0.25) is 10.1 Å². The first-order valence-corrected chi connectivity index (χ1v) is 8.15. The van der Waals surface area contributed by atoms with Gasteiger partial charge in [-0.1, -0.05) is 17.3 Å². The minimum atomic E-state index is -0.757. The van der Waals surface area contributed by atoms with E-state index in [-0.39, 0.29) is 22.6 Å². The zero-order valence-corrected chi connectivity index (χ0v) is 14.9. The number of hydrogen-bond acceptors (Lipinski definition) is 7. The number of rotatable bonds is 8. The van der Waals surface area contributed by atoms with E-state index >= 15 is 0 Å². The van der Waals surface area contributed by atoms with E-state index in [9.17, 15) is 14.9 Å². The van der Waals surface area contributed by atoms with Crippen LogP contribution in [-0.4, -0.2) is 29.9 Å². The van der Waals surface area contributed by atoms with Crippen molar-refractivity contribution < 1.29 is 24.0 Å². The van der Waals surface area contributed by atoms with Gasteiger partial charge in [-0.25, -0.2) is 4.79 Å². The quantitative estimate of drug-likeness (QED) is 0.248. The average molecular weight is 373 g/mol. The summed E-state index contributed by atoms with van der Waals surface area (Å²) in [6, 6.07) is 10.1. The summed E-state index contributed by atoms with van der Waals surface area (Å²) in [6.45, 7) is 4.50. The molecule has 9 heteroatoms. The number of amidine groups is 1. The van der Waals surface area contributed by atoms with Crippen molar-refractivity contribution in [2.24, 2.45) is 10.9 Å². The number of nitrogens with two attached hydrogens (primary N) is 1. The van der Waals surface area contributed by atoms with Crippen LogP contribution in [0.5, 0.6) is 11.5 Å². The molecule has 0 aromatic heterocycles. The van der Waals surface area contributed by atoms with Crippen molar-refractivity contribution in [1.29, 1.82) is 0 Å². The normalized spacial score (nSPS) is 11.0. The third kappa shape index (κ3) is 5.18. The van der Waals surface area contributed by atoms with E-state index in [0.717, 1.165) is 0 Å². The van der Waals surface area contributed by atoms with Crippen LogP contribution in [0.25, 0.3) is 0 Å². The van der Waals surface area contributed by atoms with E-state index < -0.39 is 10.9 Å². The topological polar surface area (TPSA) is 126 Å². The van der Waals surface area contributed by atoms with Crippen LogP contribution >= 0.6 is 0 Å². The van der Waals surface area contributed by atoms with Crippen molar-refractivity contribution in [3.05, 3.63) is 63.7 Å². The zero-order valence-electron chi connectivity index (χ0n) is 14.9. The van der Waals surface area contributed by atoms with Gasteiger partial charge in [0.05, 0.1) is 23.7 Å². The van der Waals surface area contributed by atoms with E-state index in [1.165, 1.54) is 36.4 Å². The van der Waals surface area contributed by atoms with Gasteiger partial charge in [0.1, 0.15) is 0 Å². The van der Waals surface area contributed by atoms with Crippen molar-refractivity contribution >= 4 is 17.5 Å². The van der Waals surface area contributed by atoms with Gasteiger partial charge >= 0.3 is 5.97 Å². The molecule has 2 aromatic rings. The number of nitro groups is 1. The first kappa shape index (κ1) is 19.7. The lowest BCUT2D eigenvalue weighted by Crippen LogP contribution is -2.15. The summed E-state index contributed by atoms with van der Waals surface area (Å²) >= 11 is 0. The molecule has 2 N–H and O–H groups in total. The average Bonchev–Trinajstić information content (AvgIpc) is 2.67. The number of benzene rings is 2. The second kappa shape index (κ2) is 9.18. The molecule has 0 aliphatic heterocycles. The van der Waals surface area contributed by atoms with Crippen LogP contribution < -0.4 is 15.2 Å². The zero-order chi connectivity index (χ0) is 19.8. The summed E-state index contributed by atoms with van der Waals surface area (Å²) in [5.41, 5.74) is 6.04. The summed E-state index contributed by atoms with van der Waals surface area (Å²) < 4.78 is 10.9. The molecule has 9 nitrogen and oxygen atoms in total. The van der Waals surface area contributed by atoms with Gasteiger partial charge in [0.2, 0.25) is 0 Å². The lowest BCUT2D eigenvalue weighted by Gasteiger charge is -2.11. The van der Waals surface area contributed by atoms with E-state index in [0.29, 0.717) is 24.7 Å². The summed E-state index contributed by atoms with van der Waals surface area (Å²) in [7, 11) is 0. The maximum Gasteiger partial charge on any atom is 0.365 e. The second-order valence-electron chi connectivity index (χ2n) is 5.19. The van der Waals surface area contributed by atoms with Crippen molar-refractivity contribution in [3.8, 4) is 11.5 Å². The number of nitro benzene ring substituents is 1. The molecule has 0 spiro atoms. The molecule has 0 amide bonds. The van der Waals surface area contributed by atoms with Crippen molar-refractivity contribution in [2.45, 2.75) is 13.8 Å². The largest absolute Gasteiger partial charge is 0.490 e. The monoisotopic (exact) mass is 373 g/mol. The molecule has 0 saturated carbocycles. The Labute approximate surface area is 155 Å². The lowest BCUT2D eigenvalue weighted by molar-refractivity contribution is -0.384. The highest BCUT2D eigenvalue weighted by molar-refractivity contribution is 5.98. The maximum atomic E-state index is 12.2. The molecular weight excluding hydrogens is 354 g/mol. The fourth-order valence-electron chi connectivity index (χ4n) is 2.15. The lowest BCUT2D eigenvalue weighted by atomic mass is 10.2. The Hall–Kier alpha value is -3.62. The summed E-state index contributed by atoms with van der Waals surface area (Å²) in [5.74, 6) is -0.00431. The van der Waals surface area contributed by atoms with Crippen LogP contribution in [0, 0.1) is 10.1 Å². The molecule has 2 aromatic carbocycles. The molecule has 0 aliphatic carbocycles. The van der Waals surface area contributed by atoms with Crippen molar-refractivity contribution in [2.75, 3.05) is 13.2 Å². The SMILES string of the molecule is CCOc1ccc(C(=O)ON=C(N)c2cccc([N+](=O)[O-])c2)cc1OCC. The Morgan fingerprint density at radius 2 is 1.78 bits per heavy atom. The molecule has 2 rings (SSSR count). The molecule has 0 saturated heterocycles. The summed E-state index contributed by atoms with van der Waals surface area (Å²) in [4.78, 5) is 27.3. The molecule has 142 valence electrons. The Kier molecular flexibility index (Phi) is 6.70. The number of ether oxygens (including phenoxy) is 2. The minimum absolute atomic E-state index is 0.148. The second-order valence-corrected chi connectivity index (χ2v) is 5.19. The van der Waals surface area contributed by atoms with Crippen molar-refractivity contribution in [1.82, 2.24) is 0 Å². The van der Waals surface area contributed by atoms with Gasteiger partial charge in [-0.2, -0.15) is 0 Å². The van der Waals surface area contributed by atoms with Gasteiger partial charge in [-0.05, 0) is 32.0 Å². The maximum absolute atomic E-state index is 12.2. The highest BCUT2D eigenvalue weighted by Gasteiger charge is 2.14. The Morgan fingerprint density at radius 1 is 1.07 bits per heavy atom. The van der Waals surface area contributed by atoms with E-state index in [2.05, 4.69) is 5.16 Å². The van der Waals surface area contributed by atoms with Gasteiger partial charge < -0.3 is 20.0 Å². The van der Waals surface area contributed by atoms with E-state index in [1.807, 2.05) is 13.8 Å². The highest BCUT2D eigenvalue weighted by Crippen LogP contribution is 2.28. The fraction of sp³-hybridized carbons (Fsp3) is 0.222. The predicted molar refractivity (Wildman–Crippen MR) is 98.0 cm³/mol. The molecular formula is C18H19N3O6. The van der Waals surface area contributed by atoms with Crippen LogP contribution in [0.2, 0.25) is 0 Å². The first-order valence-electron chi connectivity index (χ1n) is 8.15. The number of oxime groups is 1. The van der Waals surface area contributed by atoms with Crippen LogP contribution in [0.4, 0.5) is 5.69 Å². The minimum Gasteiger partial charge on any atom is -0.490 e. The van der Waals surface area contributed by atoms with Crippen LogP contribution in [-0.2, 0) is 4.84 Å². The molecule has 0 radical (unpaired) electrons. The Morgan fingerprint density at radius 3 is 2.44 bits per heavy atom. The Bertz CT molecular complexity index is 866. The molecule has 0 heterocycles. The molecule has 0 fully saturated rings. The third-order valence-corrected chi connectivity index (χ3v) is 3.36. The van der Waals surface area contributed by atoms with Crippen LogP contribution in [0.3, 0.4) is 0 Å². The van der Waals surface area contributed by atoms with Crippen molar-refractivity contribution in [3.63, 3.8) is 0 Å². The molecule has 0 unspecified atom stereocenters. The first-order chi connectivity index (χ1) is 13.0. The fourth-order valence-corrected chi connectivity index (χ4v) is 2.15. The van der Waals surface area contributed by atoms with Gasteiger partial charge in [-0.15, -0.1) is 0 Å². The standard InChI is InChI=1S/C18H19N3O6/c1-3-25-15-9-8-13(11-16(15)26-4-2)18(22)27-20-17(19)12-6-5-7-14(10-12)21(23)24/h5-11H,3-4H2,1-2H3,(H2,19,20). The highest BCUT2D eigenvalue weighted by atomic mass is 16.7. The number of carbonyl (C=O) groups is 1. The molecule has 27 heavy (non-hydrogen) atoms. The van der Waals surface area contributed by atoms with Gasteiger partial charge in [0, 0.05) is 17.7 Å². The summed E-state index contributed by atoms with van der Waals surface area (Å²) in [5, 5.41) is 14.4. The molecule has 0 bridgehead atoms. The molecule has 0 atom stereocenters. The predicted octanol–water partition coefficient (Wildman–Crippen LogP) is 2.87. The number of non-ortho nitro benzene ring substituents is 1. The number of carbonyl (C=O) groups excluding carboxylic acids is 1. The smallest absolute Gasteiger partial charge is 0.365 e. The van der Waals surface area contributed by atoms with Crippen LogP contribution in [0.15, 0.2) is 47.6 Å². The van der Waals surface area contributed by atoms with Gasteiger partial charge in [0.15, 0.2) is 17.3 Å². The van der Waals surface area contributed by atoms with Gasteiger partial charge in [0.25, 0.3) is 5.69 Å². The summed E-state index contributed by atoms with van der Waals surface area (Å²) in [6.07, 6.45) is 0. The number of hydrogen-bond donors (Lipinski definition) is 1. The van der Waals surface area contributed by atoms with E-state index in [4.69, 9.17) is 20.0 Å². The Balaban J connectivity index is 2.16. The van der Waals surface area contributed by atoms with E-state index in [1.54, 1.807) is 6.07 Å². The van der Waals surface area contributed by atoms with Crippen LogP contribution in [0.1, 0.15) is 29.8 Å². The molecule has 0 aliphatic rings. The number of nitrogens with zero attached hydrogens (tertiary/aromatic N) is 2.